The average molecular weight is 349 g/mol. The number of hydrogen-bond acceptors (Lipinski definition) is 4. The van der Waals surface area contributed by atoms with Crippen molar-refractivity contribution in [3.63, 3.8) is 0 Å². The fourth-order valence-electron chi connectivity index (χ4n) is 4.09. The molecule has 3 rings (SSSR count). The number of amides is 1. The summed E-state index contributed by atoms with van der Waals surface area (Å²) >= 11 is 0. The van der Waals surface area contributed by atoms with Crippen LogP contribution < -0.4 is 10.6 Å². The third-order valence-corrected chi connectivity index (χ3v) is 5.77. The van der Waals surface area contributed by atoms with Crippen LogP contribution in [0.5, 0.6) is 0 Å². The fraction of sp³-hybridized carbons (Fsp3) is 0.632. The second-order valence-electron chi connectivity index (χ2n) is 7.93. The van der Waals surface area contributed by atoms with Gasteiger partial charge in [-0.3, -0.25) is 9.69 Å². The number of primary amides is 1. The molecule has 25 heavy (non-hydrogen) atoms. The molecule has 1 atom stereocenters. The number of carbonyl (C=O) groups excluding carboxylic acids is 1. The Bertz CT molecular complexity index is 614. The van der Waals surface area contributed by atoms with Gasteiger partial charge in [-0.1, -0.05) is 0 Å². The number of halogens is 1. The van der Waals surface area contributed by atoms with Crippen LogP contribution in [0.25, 0.3) is 0 Å². The predicted octanol–water partition coefficient (Wildman–Crippen LogP) is 1.74. The van der Waals surface area contributed by atoms with Gasteiger partial charge in [-0.25, -0.2) is 4.39 Å². The van der Waals surface area contributed by atoms with E-state index in [1.54, 1.807) is 12.1 Å². The second-order valence-corrected chi connectivity index (χ2v) is 7.93. The molecule has 0 aromatic heterocycles. The first-order valence-corrected chi connectivity index (χ1v) is 9.05. The van der Waals surface area contributed by atoms with Crippen LogP contribution in [0, 0.1) is 11.2 Å². The highest BCUT2D eigenvalue weighted by Crippen LogP contribution is 2.32. The minimum atomic E-state index is -0.744. The lowest BCUT2D eigenvalue weighted by molar-refractivity contribution is -0.131. The van der Waals surface area contributed by atoms with Crippen molar-refractivity contribution < 1.29 is 14.3 Å². The van der Waals surface area contributed by atoms with Crippen LogP contribution in [-0.4, -0.2) is 54.2 Å². The molecule has 138 valence electrons. The molecule has 2 fully saturated rings. The molecule has 1 amide bonds. The molecule has 3 N–H and O–H groups in total. The number of rotatable bonds is 4. The first-order valence-electron chi connectivity index (χ1n) is 9.05. The highest BCUT2D eigenvalue weighted by Gasteiger charge is 2.40. The van der Waals surface area contributed by atoms with Gasteiger partial charge in [-0.05, 0) is 63.4 Å². The molecule has 2 saturated heterocycles. The Hall–Kier alpha value is -1.66. The van der Waals surface area contributed by atoms with Gasteiger partial charge in [-0.15, -0.1) is 0 Å². The van der Waals surface area contributed by atoms with Gasteiger partial charge in [0.15, 0.2) is 0 Å². The Morgan fingerprint density at radius 1 is 1.20 bits per heavy atom. The third-order valence-electron chi connectivity index (χ3n) is 5.77. The van der Waals surface area contributed by atoms with E-state index in [1.807, 2.05) is 6.92 Å². The fourth-order valence-corrected chi connectivity index (χ4v) is 4.09. The summed E-state index contributed by atoms with van der Waals surface area (Å²) in [5.41, 5.74) is 5.31. The summed E-state index contributed by atoms with van der Waals surface area (Å²) < 4.78 is 13.1. The Morgan fingerprint density at radius 2 is 1.84 bits per heavy atom. The summed E-state index contributed by atoms with van der Waals surface area (Å²) in [6.45, 7) is 5.49. The van der Waals surface area contributed by atoms with Crippen molar-refractivity contribution >= 4 is 11.6 Å². The Kier molecular flexibility index (Phi) is 5.02. The lowest BCUT2D eigenvalue weighted by Crippen LogP contribution is -2.55. The van der Waals surface area contributed by atoms with E-state index in [4.69, 9.17) is 5.73 Å². The molecule has 0 aliphatic carbocycles. The topological polar surface area (TPSA) is 69.8 Å². The molecule has 0 saturated carbocycles. The van der Waals surface area contributed by atoms with E-state index in [2.05, 4.69) is 9.80 Å². The van der Waals surface area contributed by atoms with Gasteiger partial charge in [0.1, 0.15) is 5.82 Å². The van der Waals surface area contributed by atoms with Crippen LogP contribution >= 0.6 is 0 Å². The van der Waals surface area contributed by atoms with E-state index in [-0.39, 0.29) is 11.7 Å². The molecule has 6 heteroatoms. The highest BCUT2D eigenvalue weighted by atomic mass is 19.1. The zero-order valence-corrected chi connectivity index (χ0v) is 14.9. The first-order chi connectivity index (χ1) is 11.8. The van der Waals surface area contributed by atoms with Gasteiger partial charge < -0.3 is 15.7 Å². The van der Waals surface area contributed by atoms with Crippen molar-refractivity contribution in [2.24, 2.45) is 11.1 Å². The van der Waals surface area contributed by atoms with E-state index in [0.717, 1.165) is 38.2 Å². The van der Waals surface area contributed by atoms with Crippen molar-refractivity contribution in [1.29, 1.82) is 0 Å². The maximum Gasteiger partial charge on any atom is 0.224 e. The lowest BCUT2D eigenvalue weighted by Gasteiger charge is -2.45. The summed E-state index contributed by atoms with van der Waals surface area (Å²) in [6, 6.07) is 6.49. The molecule has 1 aromatic carbocycles. The largest absolute Gasteiger partial charge is 0.388 e. The van der Waals surface area contributed by atoms with E-state index in [0.29, 0.717) is 25.9 Å². The molecule has 2 aliphatic rings. The maximum absolute atomic E-state index is 13.1. The number of likely N-dealkylation sites (tertiary alicyclic amines) is 1. The number of nitrogens with two attached hydrogens (primary N) is 1. The van der Waals surface area contributed by atoms with Gasteiger partial charge in [0, 0.05) is 31.9 Å². The molecule has 0 bridgehead atoms. The molecule has 0 radical (unpaired) electrons. The van der Waals surface area contributed by atoms with E-state index < -0.39 is 11.0 Å². The zero-order chi connectivity index (χ0) is 18.1. The Morgan fingerprint density at radius 3 is 2.44 bits per heavy atom. The summed E-state index contributed by atoms with van der Waals surface area (Å²) in [7, 11) is 0. The summed E-state index contributed by atoms with van der Waals surface area (Å²) in [4.78, 5) is 16.1. The molecule has 0 unspecified atom stereocenters. The van der Waals surface area contributed by atoms with Gasteiger partial charge in [0.25, 0.3) is 0 Å². The molecule has 0 spiro atoms. The van der Waals surface area contributed by atoms with Crippen molar-refractivity contribution in [3.05, 3.63) is 30.1 Å². The molecule has 1 aromatic rings. The van der Waals surface area contributed by atoms with Crippen molar-refractivity contribution in [2.45, 2.75) is 38.2 Å². The number of nitrogens with zero attached hydrogens (tertiary/aromatic N) is 2. The third kappa shape index (κ3) is 4.12. The normalized spacial score (nSPS) is 27.2. The minimum Gasteiger partial charge on any atom is -0.388 e. The van der Waals surface area contributed by atoms with Crippen LogP contribution in [0.4, 0.5) is 10.1 Å². The Balaban J connectivity index is 1.57. The molecular weight excluding hydrogens is 321 g/mol. The van der Waals surface area contributed by atoms with Crippen LogP contribution in [0.1, 0.15) is 32.6 Å². The molecule has 2 aliphatic heterocycles. The maximum atomic E-state index is 13.1. The van der Waals surface area contributed by atoms with Crippen LogP contribution in [-0.2, 0) is 4.79 Å². The minimum absolute atomic E-state index is 0.236. The Labute approximate surface area is 148 Å². The number of benzene rings is 1. The molecular formula is C19H28FN3O2. The van der Waals surface area contributed by atoms with Gasteiger partial charge in [0.05, 0.1) is 11.0 Å². The van der Waals surface area contributed by atoms with E-state index >= 15 is 0 Å². The zero-order valence-electron chi connectivity index (χ0n) is 14.9. The quantitative estimate of drug-likeness (QED) is 0.869. The van der Waals surface area contributed by atoms with E-state index in [1.165, 1.54) is 12.1 Å². The van der Waals surface area contributed by atoms with Gasteiger partial charge >= 0.3 is 0 Å². The average Bonchev–Trinajstić information content (AvgIpc) is 2.56. The monoisotopic (exact) mass is 349 g/mol. The highest BCUT2D eigenvalue weighted by molar-refractivity contribution is 5.80. The van der Waals surface area contributed by atoms with E-state index in [9.17, 15) is 14.3 Å². The molecule has 2 heterocycles. The van der Waals surface area contributed by atoms with Crippen molar-refractivity contribution in [1.82, 2.24) is 4.90 Å². The number of piperidine rings is 2. The summed E-state index contributed by atoms with van der Waals surface area (Å²) in [5.74, 6) is -0.491. The van der Waals surface area contributed by atoms with Crippen LogP contribution in [0.3, 0.4) is 0 Å². The number of aliphatic hydroxyl groups is 1. The smallest absolute Gasteiger partial charge is 0.224 e. The van der Waals surface area contributed by atoms with Crippen LogP contribution in [0.15, 0.2) is 24.3 Å². The number of anilines is 1. The van der Waals surface area contributed by atoms with Crippen molar-refractivity contribution in [2.75, 3.05) is 37.6 Å². The predicted molar refractivity (Wildman–Crippen MR) is 95.8 cm³/mol. The van der Waals surface area contributed by atoms with Gasteiger partial charge in [0.2, 0.25) is 5.91 Å². The number of carbonyl (C=O) groups is 1. The summed E-state index contributed by atoms with van der Waals surface area (Å²) in [5, 5.41) is 11.0. The second kappa shape index (κ2) is 6.92. The van der Waals surface area contributed by atoms with Gasteiger partial charge in [-0.2, -0.15) is 0 Å². The summed E-state index contributed by atoms with van der Waals surface area (Å²) in [6.07, 6.45) is 3.06. The number of hydrogen-bond donors (Lipinski definition) is 2. The molecule has 5 nitrogen and oxygen atoms in total. The standard InChI is InChI=1S/C19H28FN3O2/c1-18(17(21)24)7-2-10-22(13-18)14-19(25)8-11-23(12-9-19)16-5-3-15(20)4-6-16/h3-6,25H,2,7-14H2,1H3,(H2,21,24)/t18-/m0/s1. The first kappa shape index (κ1) is 18.1. The van der Waals surface area contributed by atoms with Crippen molar-refractivity contribution in [3.8, 4) is 0 Å². The lowest BCUT2D eigenvalue weighted by atomic mass is 9.80. The number of β-amino-alcohol motifs (C(OH)–C–C–N with tert-alkyl or cyclic N) is 1. The van der Waals surface area contributed by atoms with Crippen LogP contribution in [0.2, 0.25) is 0 Å². The SMILES string of the molecule is C[C@]1(C(N)=O)CCCN(CC2(O)CCN(c3ccc(F)cc3)CC2)C1.